The highest BCUT2D eigenvalue weighted by Gasteiger charge is 2.17. The number of hydrogen-bond donors (Lipinski definition) is 2. The lowest BCUT2D eigenvalue weighted by Gasteiger charge is -2.09. The highest BCUT2D eigenvalue weighted by atomic mass is 35.5. The molecule has 7 nitrogen and oxygen atoms in total. The lowest BCUT2D eigenvalue weighted by Crippen LogP contribution is -2.26. The summed E-state index contributed by atoms with van der Waals surface area (Å²) in [6.45, 7) is 0.848. The van der Waals surface area contributed by atoms with E-state index in [1.807, 2.05) is 0 Å². The molecule has 0 unspecified atom stereocenters. The fourth-order valence-corrected chi connectivity index (χ4v) is 3.21. The van der Waals surface area contributed by atoms with Crippen LogP contribution in [0.1, 0.15) is 6.42 Å². The van der Waals surface area contributed by atoms with Crippen LogP contribution in [0.3, 0.4) is 0 Å². The molecule has 1 aromatic carbocycles. The molecule has 0 saturated carbocycles. The van der Waals surface area contributed by atoms with Crippen LogP contribution in [0.4, 0.5) is 5.69 Å². The van der Waals surface area contributed by atoms with E-state index in [-0.39, 0.29) is 16.5 Å². The Labute approximate surface area is 121 Å². The van der Waals surface area contributed by atoms with E-state index in [4.69, 9.17) is 17.3 Å². The predicted octanol–water partition coefficient (Wildman–Crippen LogP) is 0.882. The van der Waals surface area contributed by atoms with E-state index in [0.717, 1.165) is 0 Å². The number of halogens is 1. The molecule has 3 N–H and O–H groups in total. The van der Waals surface area contributed by atoms with Crippen LogP contribution in [-0.2, 0) is 16.6 Å². The summed E-state index contributed by atoms with van der Waals surface area (Å²) in [6.07, 6.45) is 3.86. The molecular weight excluding hydrogens is 302 g/mol. The van der Waals surface area contributed by atoms with Gasteiger partial charge in [-0.1, -0.05) is 16.8 Å². The molecular formula is C11H14ClN5O2S. The molecule has 0 fully saturated rings. The number of aromatic nitrogens is 3. The van der Waals surface area contributed by atoms with Crippen LogP contribution >= 0.6 is 11.6 Å². The summed E-state index contributed by atoms with van der Waals surface area (Å²) in [5.41, 5.74) is 5.92. The molecule has 0 amide bonds. The smallest absolute Gasteiger partial charge is 0.242 e. The average Bonchev–Trinajstić information content (AvgIpc) is 2.90. The zero-order chi connectivity index (χ0) is 14.6. The third-order valence-electron chi connectivity index (χ3n) is 2.57. The number of rotatable bonds is 6. The predicted molar refractivity (Wildman–Crippen MR) is 75.7 cm³/mol. The molecule has 0 bridgehead atoms. The fraction of sp³-hybridized carbons (Fsp3) is 0.273. The minimum absolute atomic E-state index is 0.0140. The summed E-state index contributed by atoms with van der Waals surface area (Å²) >= 11 is 5.88. The van der Waals surface area contributed by atoms with Crippen molar-refractivity contribution in [1.29, 1.82) is 0 Å². The van der Waals surface area contributed by atoms with Gasteiger partial charge in [0.25, 0.3) is 0 Å². The molecule has 0 saturated heterocycles. The Morgan fingerprint density at radius 1 is 1.40 bits per heavy atom. The van der Waals surface area contributed by atoms with Gasteiger partial charge in [0, 0.05) is 25.0 Å². The lowest BCUT2D eigenvalue weighted by molar-refractivity contribution is 0.542. The van der Waals surface area contributed by atoms with Crippen molar-refractivity contribution in [2.75, 3.05) is 12.3 Å². The summed E-state index contributed by atoms with van der Waals surface area (Å²) in [5, 5.41) is 7.59. The van der Waals surface area contributed by atoms with E-state index in [1.165, 1.54) is 12.1 Å². The van der Waals surface area contributed by atoms with E-state index >= 15 is 0 Å². The van der Waals surface area contributed by atoms with Crippen molar-refractivity contribution in [2.45, 2.75) is 17.9 Å². The normalized spacial score (nSPS) is 11.7. The number of nitrogen functional groups attached to an aromatic ring is 1. The highest BCUT2D eigenvalue weighted by molar-refractivity contribution is 7.89. The third kappa shape index (κ3) is 3.69. The molecule has 9 heteroatoms. The quantitative estimate of drug-likeness (QED) is 0.608. The number of nitrogens with two attached hydrogens (primary N) is 1. The van der Waals surface area contributed by atoms with Crippen molar-refractivity contribution < 1.29 is 8.42 Å². The van der Waals surface area contributed by atoms with Crippen molar-refractivity contribution in [1.82, 2.24) is 19.7 Å². The van der Waals surface area contributed by atoms with Crippen LogP contribution in [0.25, 0.3) is 0 Å². The van der Waals surface area contributed by atoms with E-state index in [2.05, 4.69) is 15.0 Å². The van der Waals surface area contributed by atoms with Gasteiger partial charge in [0.05, 0.1) is 11.2 Å². The second-order valence-electron chi connectivity index (χ2n) is 4.11. The second kappa shape index (κ2) is 6.21. The average molecular weight is 316 g/mol. The van der Waals surface area contributed by atoms with E-state index in [9.17, 15) is 8.42 Å². The van der Waals surface area contributed by atoms with Crippen molar-refractivity contribution in [3.63, 3.8) is 0 Å². The van der Waals surface area contributed by atoms with E-state index in [1.54, 1.807) is 23.1 Å². The van der Waals surface area contributed by atoms with Crippen LogP contribution in [0.15, 0.2) is 35.5 Å². The van der Waals surface area contributed by atoms with Gasteiger partial charge in [-0.15, -0.1) is 5.10 Å². The number of nitrogens with one attached hydrogen (secondary N) is 1. The third-order valence-corrected chi connectivity index (χ3v) is 4.52. The fourth-order valence-electron chi connectivity index (χ4n) is 1.60. The van der Waals surface area contributed by atoms with Crippen molar-refractivity contribution >= 4 is 27.3 Å². The Kier molecular flexibility index (Phi) is 4.58. The van der Waals surface area contributed by atoms with Gasteiger partial charge in [-0.05, 0) is 24.6 Å². The van der Waals surface area contributed by atoms with E-state index in [0.29, 0.717) is 18.7 Å². The number of aryl methyl sites for hydroxylation is 1. The SMILES string of the molecule is Nc1ccc(Cl)c(S(=O)(=O)NCCCn2ccnn2)c1. The molecule has 1 aromatic heterocycles. The Morgan fingerprint density at radius 3 is 2.90 bits per heavy atom. The summed E-state index contributed by atoms with van der Waals surface area (Å²) in [4.78, 5) is -0.0140. The van der Waals surface area contributed by atoms with Crippen LogP contribution in [0.5, 0.6) is 0 Å². The molecule has 0 aliphatic heterocycles. The Hall–Kier alpha value is -1.64. The molecule has 1 heterocycles. The second-order valence-corrected chi connectivity index (χ2v) is 6.25. The first-order valence-corrected chi connectivity index (χ1v) is 7.74. The number of hydrogen-bond acceptors (Lipinski definition) is 5. The van der Waals surface area contributed by atoms with Gasteiger partial charge in [-0.2, -0.15) is 0 Å². The maximum atomic E-state index is 12.1. The molecule has 0 aliphatic rings. The molecule has 2 rings (SSSR count). The number of benzene rings is 1. The number of nitrogens with zero attached hydrogens (tertiary/aromatic N) is 3. The van der Waals surface area contributed by atoms with Gasteiger partial charge in [-0.25, -0.2) is 13.1 Å². The monoisotopic (exact) mass is 315 g/mol. The first-order chi connectivity index (χ1) is 9.49. The summed E-state index contributed by atoms with van der Waals surface area (Å²) in [5.74, 6) is 0. The Balaban J connectivity index is 1.95. The molecule has 0 radical (unpaired) electrons. The zero-order valence-electron chi connectivity index (χ0n) is 10.5. The van der Waals surface area contributed by atoms with Gasteiger partial charge in [0.2, 0.25) is 10.0 Å². The molecule has 20 heavy (non-hydrogen) atoms. The van der Waals surface area contributed by atoms with Crippen molar-refractivity contribution in [3.8, 4) is 0 Å². The van der Waals surface area contributed by atoms with Gasteiger partial charge in [0.15, 0.2) is 0 Å². The van der Waals surface area contributed by atoms with Gasteiger partial charge < -0.3 is 5.73 Å². The Morgan fingerprint density at radius 2 is 2.20 bits per heavy atom. The first-order valence-electron chi connectivity index (χ1n) is 5.88. The summed E-state index contributed by atoms with van der Waals surface area (Å²) in [7, 11) is -3.66. The van der Waals surface area contributed by atoms with Crippen LogP contribution in [0.2, 0.25) is 5.02 Å². The first kappa shape index (κ1) is 14.8. The number of anilines is 1. The maximum absolute atomic E-state index is 12.1. The number of sulfonamides is 1. The summed E-state index contributed by atoms with van der Waals surface area (Å²) in [6, 6.07) is 4.34. The lowest BCUT2D eigenvalue weighted by atomic mass is 10.3. The van der Waals surface area contributed by atoms with Crippen LogP contribution in [0, 0.1) is 0 Å². The van der Waals surface area contributed by atoms with Gasteiger partial charge >= 0.3 is 0 Å². The Bertz CT molecular complexity index is 672. The maximum Gasteiger partial charge on any atom is 0.242 e. The highest BCUT2D eigenvalue weighted by Crippen LogP contribution is 2.23. The van der Waals surface area contributed by atoms with E-state index < -0.39 is 10.0 Å². The van der Waals surface area contributed by atoms with Crippen molar-refractivity contribution in [3.05, 3.63) is 35.6 Å². The standard InChI is InChI=1S/C11H14ClN5O2S/c12-10-3-2-9(13)8-11(10)20(18,19)15-4-1-6-17-7-5-14-16-17/h2-3,5,7-8,15H,1,4,6,13H2. The van der Waals surface area contributed by atoms with Crippen molar-refractivity contribution in [2.24, 2.45) is 0 Å². The van der Waals surface area contributed by atoms with Gasteiger partial charge in [0.1, 0.15) is 4.90 Å². The minimum Gasteiger partial charge on any atom is -0.399 e. The topological polar surface area (TPSA) is 103 Å². The minimum atomic E-state index is -3.66. The molecule has 0 atom stereocenters. The molecule has 0 spiro atoms. The molecule has 0 aliphatic carbocycles. The molecule has 108 valence electrons. The van der Waals surface area contributed by atoms with Gasteiger partial charge in [-0.3, -0.25) is 4.68 Å². The largest absolute Gasteiger partial charge is 0.399 e. The van der Waals surface area contributed by atoms with Crippen LogP contribution in [-0.4, -0.2) is 30.0 Å². The van der Waals surface area contributed by atoms with Crippen LogP contribution < -0.4 is 10.5 Å². The molecule has 2 aromatic rings. The summed E-state index contributed by atoms with van der Waals surface area (Å²) < 4.78 is 28.3. The zero-order valence-corrected chi connectivity index (χ0v) is 12.1.